The van der Waals surface area contributed by atoms with Gasteiger partial charge >= 0.3 is 0 Å². The number of aryl methyl sites for hydroxylation is 1. The molecule has 0 unspecified atom stereocenters. The summed E-state index contributed by atoms with van der Waals surface area (Å²) < 4.78 is 1.63. The van der Waals surface area contributed by atoms with Gasteiger partial charge in [0.1, 0.15) is 5.82 Å². The van der Waals surface area contributed by atoms with Crippen molar-refractivity contribution >= 4 is 17.7 Å². The fraction of sp³-hybridized carbons (Fsp3) is 0.556. The molecule has 26 heavy (non-hydrogen) atoms. The van der Waals surface area contributed by atoms with Crippen LogP contribution in [-0.4, -0.2) is 49.2 Å². The molecular weight excluding hydrogens is 330 g/mol. The van der Waals surface area contributed by atoms with Crippen molar-refractivity contribution in [2.24, 2.45) is 7.05 Å². The zero-order chi connectivity index (χ0) is 18.1. The fourth-order valence-corrected chi connectivity index (χ4v) is 3.99. The van der Waals surface area contributed by atoms with Gasteiger partial charge in [0.15, 0.2) is 0 Å². The van der Waals surface area contributed by atoms with E-state index in [4.69, 9.17) is 5.73 Å². The number of amides is 1. The topological polar surface area (TPSA) is 102 Å². The SMILES string of the molecule is Cn1ncc(-c2ccnc(N[C@H]3CC[C@H](N4CCCC4=O)CC3)n2)c1N. The predicted molar refractivity (Wildman–Crippen MR) is 99.3 cm³/mol. The maximum Gasteiger partial charge on any atom is 0.223 e. The normalized spacial score (nSPS) is 23.4. The van der Waals surface area contributed by atoms with Crippen LogP contribution in [0.25, 0.3) is 11.3 Å². The molecule has 4 rings (SSSR count). The molecule has 2 aromatic heterocycles. The Kier molecular flexibility index (Phi) is 4.48. The Bertz CT molecular complexity index is 795. The van der Waals surface area contributed by atoms with E-state index in [1.54, 1.807) is 17.1 Å². The fourth-order valence-electron chi connectivity index (χ4n) is 3.99. The molecule has 0 spiro atoms. The number of nitrogens with one attached hydrogen (secondary N) is 1. The second kappa shape index (κ2) is 6.93. The molecule has 1 aliphatic heterocycles. The Balaban J connectivity index is 1.39. The van der Waals surface area contributed by atoms with Gasteiger partial charge in [0.25, 0.3) is 0 Å². The summed E-state index contributed by atoms with van der Waals surface area (Å²) in [5.41, 5.74) is 7.62. The number of nitrogen functional groups attached to an aromatic ring is 1. The zero-order valence-corrected chi connectivity index (χ0v) is 15.1. The maximum atomic E-state index is 11.9. The second-order valence-electron chi connectivity index (χ2n) is 7.17. The Morgan fingerprint density at radius 2 is 2.08 bits per heavy atom. The lowest BCUT2D eigenvalue weighted by atomic mass is 9.90. The number of hydrogen-bond donors (Lipinski definition) is 2. The molecule has 0 bridgehead atoms. The van der Waals surface area contributed by atoms with Crippen molar-refractivity contribution in [3.63, 3.8) is 0 Å². The third-order valence-electron chi connectivity index (χ3n) is 5.50. The lowest BCUT2D eigenvalue weighted by Crippen LogP contribution is -2.41. The average molecular weight is 355 g/mol. The van der Waals surface area contributed by atoms with Gasteiger partial charge in [0.2, 0.25) is 11.9 Å². The molecule has 2 aliphatic rings. The molecule has 2 fully saturated rings. The summed E-state index contributed by atoms with van der Waals surface area (Å²) >= 11 is 0. The highest BCUT2D eigenvalue weighted by Crippen LogP contribution is 2.28. The molecule has 3 heterocycles. The predicted octanol–water partition coefficient (Wildman–Crippen LogP) is 1.80. The van der Waals surface area contributed by atoms with E-state index < -0.39 is 0 Å². The van der Waals surface area contributed by atoms with Crippen LogP contribution in [0.5, 0.6) is 0 Å². The number of nitrogens with zero attached hydrogens (tertiary/aromatic N) is 5. The van der Waals surface area contributed by atoms with Gasteiger partial charge in [-0.2, -0.15) is 5.10 Å². The number of carbonyl (C=O) groups is 1. The van der Waals surface area contributed by atoms with Crippen LogP contribution < -0.4 is 11.1 Å². The molecule has 0 atom stereocenters. The van der Waals surface area contributed by atoms with Gasteiger partial charge in [0.05, 0.1) is 17.5 Å². The van der Waals surface area contributed by atoms with Crippen LogP contribution in [0.2, 0.25) is 0 Å². The van der Waals surface area contributed by atoms with Crippen LogP contribution in [-0.2, 0) is 11.8 Å². The number of hydrogen-bond acceptors (Lipinski definition) is 6. The molecule has 8 nitrogen and oxygen atoms in total. The van der Waals surface area contributed by atoms with Crippen molar-refractivity contribution in [3.8, 4) is 11.3 Å². The Morgan fingerprint density at radius 1 is 1.27 bits per heavy atom. The van der Waals surface area contributed by atoms with Crippen molar-refractivity contribution < 1.29 is 4.79 Å². The van der Waals surface area contributed by atoms with Gasteiger partial charge in [-0.15, -0.1) is 0 Å². The molecular formula is C18H25N7O. The van der Waals surface area contributed by atoms with Crippen molar-refractivity contribution in [3.05, 3.63) is 18.5 Å². The van der Waals surface area contributed by atoms with E-state index in [0.29, 0.717) is 29.8 Å². The third-order valence-corrected chi connectivity index (χ3v) is 5.50. The molecule has 1 aliphatic carbocycles. The highest BCUT2D eigenvalue weighted by Gasteiger charge is 2.31. The third kappa shape index (κ3) is 3.23. The van der Waals surface area contributed by atoms with E-state index in [2.05, 4.69) is 25.3 Å². The number of anilines is 2. The van der Waals surface area contributed by atoms with E-state index in [1.165, 1.54) is 0 Å². The van der Waals surface area contributed by atoms with Gasteiger partial charge in [-0.1, -0.05) is 0 Å². The summed E-state index contributed by atoms with van der Waals surface area (Å²) in [6.07, 6.45) is 9.32. The summed E-state index contributed by atoms with van der Waals surface area (Å²) in [5, 5.41) is 7.61. The molecule has 1 saturated carbocycles. The van der Waals surface area contributed by atoms with E-state index in [-0.39, 0.29) is 0 Å². The number of likely N-dealkylation sites (tertiary alicyclic amines) is 1. The van der Waals surface area contributed by atoms with Crippen LogP contribution in [0.3, 0.4) is 0 Å². The highest BCUT2D eigenvalue weighted by atomic mass is 16.2. The molecule has 8 heteroatoms. The average Bonchev–Trinajstić information content (AvgIpc) is 3.22. The van der Waals surface area contributed by atoms with E-state index >= 15 is 0 Å². The van der Waals surface area contributed by atoms with Crippen LogP contribution in [0.15, 0.2) is 18.5 Å². The summed E-state index contributed by atoms with van der Waals surface area (Å²) in [7, 11) is 1.81. The monoisotopic (exact) mass is 355 g/mol. The molecule has 2 aromatic rings. The molecule has 0 radical (unpaired) electrons. The van der Waals surface area contributed by atoms with Crippen molar-refractivity contribution in [1.29, 1.82) is 0 Å². The minimum absolute atomic E-state index is 0.325. The first-order valence-corrected chi connectivity index (χ1v) is 9.28. The van der Waals surface area contributed by atoms with Crippen LogP contribution in [0, 0.1) is 0 Å². The smallest absolute Gasteiger partial charge is 0.223 e. The van der Waals surface area contributed by atoms with E-state index in [9.17, 15) is 4.79 Å². The first-order chi connectivity index (χ1) is 12.6. The Labute approximate surface area is 152 Å². The van der Waals surface area contributed by atoms with Crippen LogP contribution in [0.4, 0.5) is 11.8 Å². The molecule has 3 N–H and O–H groups in total. The van der Waals surface area contributed by atoms with Gasteiger partial charge in [-0.05, 0) is 38.2 Å². The minimum atomic E-state index is 0.325. The minimum Gasteiger partial charge on any atom is -0.383 e. The van der Waals surface area contributed by atoms with E-state index in [1.807, 2.05) is 13.1 Å². The summed E-state index contributed by atoms with van der Waals surface area (Å²) in [6.45, 7) is 0.930. The lowest BCUT2D eigenvalue weighted by Gasteiger charge is -2.34. The molecule has 0 aromatic carbocycles. The molecule has 1 saturated heterocycles. The van der Waals surface area contributed by atoms with Crippen LogP contribution >= 0.6 is 0 Å². The summed E-state index contributed by atoms with van der Waals surface area (Å²) in [4.78, 5) is 23.0. The largest absolute Gasteiger partial charge is 0.383 e. The van der Waals surface area contributed by atoms with E-state index in [0.717, 1.165) is 56.3 Å². The summed E-state index contributed by atoms with van der Waals surface area (Å²) in [6, 6.07) is 2.59. The molecule has 1 amide bonds. The van der Waals surface area contributed by atoms with Gasteiger partial charge < -0.3 is 16.0 Å². The summed E-state index contributed by atoms with van der Waals surface area (Å²) in [5.74, 6) is 1.53. The Hall–Kier alpha value is -2.64. The quantitative estimate of drug-likeness (QED) is 0.867. The van der Waals surface area contributed by atoms with Gasteiger partial charge in [-0.3, -0.25) is 9.48 Å². The molecule has 138 valence electrons. The number of aromatic nitrogens is 4. The standard InChI is InChI=1S/C18H25N7O/c1-24-17(19)14(11-21-24)15-8-9-20-18(23-15)22-12-4-6-13(7-5-12)25-10-2-3-16(25)26/h8-9,11-13H,2-7,10,19H2,1H3,(H,20,22,23)/t12-,13-. The highest BCUT2D eigenvalue weighted by molar-refractivity contribution is 5.78. The van der Waals surface area contributed by atoms with Crippen molar-refractivity contribution in [1.82, 2.24) is 24.6 Å². The lowest BCUT2D eigenvalue weighted by molar-refractivity contribution is -0.130. The number of rotatable bonds is 4. The Morgan fingerprint density at radius 3 is 2.73 bits per heavy atom. The first-order valence-electron chi connectivity index (χ1n) is 9.28. The number of carbonyl (C=O) groups excluding carboxylic acids is 1. The van der Waals surface area contributed by atoms with Crippen molar-refractivity contribution in [2.75, 3.05) is 17.6 Å². The maximum absolute atomic E-state index is 11.9. The zero-order valence-electron chi connectivity index (χ0n) is 15.1. The van der Waals surface area contributed by atoms with Gasteiger partial charge in [-0.25, -0.2) is 9.97 Å². The first kappa shape index (κ1) is 16.8. The van der Waals surface area contributed by atoms with Crippen LogP contribution in [0.1, 0.15) is 38.5 Å². The second-order valence-corrected chi connectivity index (χ2v) is 7.17. The van der Waals surface area contributed by atoms with Crippen molar-refractivity contribution in [2.45, 2.75) is 50.6 Å². The number of nitrogens with two attached hydrogens (primary N) is 1. The van der Waals surface area contributed by atoms with Gasteiger partial charge in [0, 0.05) is 38.3 Å².